The Balaban J connectivity index is 2.77. The Morgan fingerprint density at radius 1 is 1.38 bits per heavy atom. The summed E-state index contributed by atoms with van der Waals surface area (Å²) in [5, 5.41) is 2.42. The predicted molar refractivity (Wildman–Crippen MR) is 96.3 cm³/mol. The van der Waals surface area contributed by atoms with Gasteiger partial charge >= 0.3 is 6.09 Å². The molecule has 0 radical (unpaired) electrons. The first-order valence-electron chi connectivity index (χ1n) is 7.41. The third-order valence-corrected chi connectivity index (χ3v) is 3.70. The minimum absolute atomic E-state index is 0.204. The van der Waals surface area contributed by atoms with E-state index in [9.17, 15) is 14.1 Å². The summed E-state index contributed by atoms with van der Waals surface area (Å²) in [4.78, 5) is 25.3. The van der Waals surface area contributed by atoms with Crippen LogP contribution in [-0.2, 0) is 26.5 Å². The van der Waals surface area contributed by atoms with Crippen molar-refractivity contribution in [2.45, 2.75) is 32.1 Å². The number of anilines is 2. The quantitative estimate of drug-likeness (QED) is 0.616. The summed E-state index contributed by atoms with van der Waals surface area (Å²) in [6.07, 6.45) is 0.926. The number of nitrogens with two attached hydrogens (primary N) is 1. The number of hydrogen-bond acceptors (Lipinski definition) is 5. The first-order valence-corrected chi connectivity index (χ1v) is 9.14. The van der Waals surface area contributed by atoms with E-state index in [-0.39, 0.29) is 18.2 Å². The number of nitrogen functional groups attached to an aromatic ring is 1. The second kappa shape index (κ2) is 8.25. The monoisotopic (exact) mass is 355 g/mol. The lowest BCUT2D eigenvalue weighted by Gasteiger charge is -2.23. The molecule has 0 saturated carbocycles. The average molecular weight is 355 g/mol. The summed E-state index contributed by atoms with van der Waals surface area (Å²) in [6, 6.07) is 5.06. The van der Waals surface area contributed by atoms with Crippen LogP contribution in [0.5, 0.6) is 0 Å². The van der Waals surface area contributed by atoms with Crippen molar-refractivity contribution < 1.29 is 18.9 Å². The van der Waals surface area contributed by atoms with Gasteiger partial charge in [-0.05, 0) is 39.0 Å². The van der Waals surface area contributed by atoms with Crippen LogP contribution in [0.3, 0.4) is 0 Å². The number of likely N-dealkylation sites (N-methyl/N-ethyl adjacent to an activating group) is 1. The molecule has 0 heterocycles. The summed E-state index contributed by atoms with van der Waals surface area (Å²) in [6.45, 7) is 5.02. The van der Waals surface area contributed by atoms with Crippen LogP contribution in [0.2, 0.25) is 0 Å². The number of carbonyl (C=O) groups is 2. The first-order chi connectivity index (χ1) is 11.0. The van der Waals surface area contributed by atoms with Gasteiger partial charge in [-0.3, -0.25) is 4.79 Å². The molecule has 1 unspecified atom stereocenters. The number of nitrogens with zero attached hydrogens (tertiary/aromatic N) is 1. The maximum atomic E-state index is 12.3. The fourth-order valence-electron chi connectivity index (χ4n) is 1.98. The molecule has 1 atom stereocenters. The molecule has 0 bridgehead atoms. The lowest BCUT2D eigenvalue weighted by atomic mass is 10.1. The van der Waals surface area contributed by atoms with Crippen molar-refractivity contribution >= 4 is 34.6 Å². The molecule has 0 fully saturated rings. The van der Waals surface area contributed by atoms with Gasteiger partial charge in [-0.15, -0.1) is 0 Å². The summed E-state index contributed by atoms with van der Waals surface area (Å²) in [7, 11) is 1.59. The van der Waals surface area contributed by atoms with Crippen molar-refractivity contribution in [1.29, 1.82) is 0 Å². The number of amides is 2. The van der Waals surface area contributed by atoms with E-state index in [1.54, 1.807) is 52.3 Å². The SMILES string of the molecule is CN(C(=O)CNC(=O)OC(C)(C)C)c1ccc(N)cc1C[S+](C)[O-]. The fourth-order valence-corrected chi connectivity index (χ4v) is 2.65. The van der Waals surface area contributed by atoms with E-state index in [0.717, 1.165) is 0 Å². The standard InChI is InChI=1S/C16H25N3O4S/c1-16(2,3)23-15(21)18-9-14(20)19(4)13-7-6-12(17)8-11(13)10-24(5)22/h6-8H,9-10,17H2,1-5H3,(H,18,21). The average Bonchev–Trinajstić information content (AvgIpc) is 2.41. The zero-order chi connectivity index (χ0) is 18.5. The predicted octanol–water partition coefficient (Wildman–Crippen LogP) is 1.63. The molecule has 24 heavy (non-hydrogen) atoms. The van der Waals surface area contributed by atoms with Crippen LogP contribution >= 0.6 is 0 Å². The Labute approximate surface area is 145 Å². The number of nitrogens with one attached hydrogen (secondary N) is 1. The van der Waals surface area contributed by atoms with Crippen LogP contribution in [0.25, 0.3) is 0 Å². The van der Waals surface area contributed by atoms with Crippen molar-refractivity contribution in [1.82, 2.24) is 5.32 Å². The summed E-state index contributed by atoms with van der Waals surface area (Å²) in [5.41, 5.74) is 6.98. The zero-order valence-electron chi connectivity index (χ0n) is 14.7. The largest absolute Gasteiger partial charge is 0.616 e. The maximum Gasteiger partial charge on any atom is 0.408 e. The highest BCUT2D eigenvalue weighted by Crippen LogP contribution is 2.24. The van der Waals surface area contributed by atoms with Gasteiger partial charge in [-0.1, -0.05) is 11.2 Å². The van der Waals surface area contributed by atoms with Gasteiger partial charge in [-0.2, -0.15) is 0 Å². The third kappa shape index (κ3) is 6.67. The van der Waals surface area contributed by atoms with E-state index in [4.69, 9.17) is 10.5 Å². The van der Waals surface area contributed by atoms with E-state index in [0.29, 0.717) is 16.9 Å². The van der Waals surface area contributed by atoms with Crippen LogP contribution in [0.1, 0.15) is 26.3 Å². The van der Waals surface area contributed by atoms with Crippen molar-refractivity contribution in [3.63, 3.8) is 0 Å². The van der Waals surface area contributed by atoms with Gasteiger partial charge in [0.05, 0.1) is 11.9 Å². The zero-order valence-corrected chi connectivity index (χ0v) is 15.5. The van der Waals surface area contributed by atoms with Crippen molar-refractivity contribution in [2.75, 3.05) is 30.5 Å². The molecule has 1 aromatic carbocycles. The van der Waals surface area contributed by atoms with Crippen molar-refractivity contribution in [2.24, 2.45) is 0 Å². The molecular formula is C16H25N3O4S. The van der Waals surface area contributed by atoms with Gasteiger partial charge < -0.3 is 25.2 Å². The van der Waals surface area contributed by atoms with E-state index in [2.05, 4.69) is 5.32 Å². The molecule has 134 valence electrons. The van der Waals surface area contributed by atoms with Gasteiger partial charge in [0.25, 0.3) is 0 Å². The normalized spacial score (nSPS) is 12.4. The molecule has 0 aliphatic rings. The van der Waals surface area contributed by atoms with Gasteiger partial charge in [0.2, 0.25) is 5.91 Å². The third-order valence-electron chi connectivity index (χ3n) is 2.98. The molecule has 7 nitrogen and oxygen atoms in total. The molecule has 0 aliphatic heterocycles. The summed E-state index contributed by atoms with van der Waals surface area (Å²) in [5.74, 6) is -0.0360. The molecule has 1 rings (SSSR count). The minimum Gasteiger partial charge on any atom is -0.616 e. The molecule has 3 N–H and O–H groups in total. The Bertz CT molecular complexity index is 599. The number of ether oxygens (including phenoxy) is 1. The lowest BCUT2D eigenvalue weighted by molar-refractivity contribution is -0.117. The molecule has 1 aromatic rings. The Morgan fingerprint density at radius 3 is 2.54 bits per heavy atom. The molecule has 0 spiro atoms. The van der Waals surface area contributed by atoms with Crippen molar-refractivity contribution in [3.05, 3.63) is 23.8 Å². The van der Waals surface area contributed by atoms with Crippen LogP contribution in [-0.4, -0.2) is 42.0 Å². The van der Waals surface area contributed by atoms with E-state index in [1.165, 1.54) is 4.90 Å². The number of benzene rings is 1. The molecule has 8 heteroatoms. The molecule has 2 amide bonds. The summed E-state index contributed by atoms with van der Waals surface area (Å²) < 4.78 is 16.6. The van der Waals surface area contributed by atoms with E-state index in [1.807, 2.05) is 0 Å². The number of hydrogen-bond donors (Lipinski definition) is 2. The van der Waals surface area contributed by atoms with Crippen molar-refractivity contribution in [3.8, 4) is 0 Å². The van der Waals surface area contributed by atoms with Gasteiger partial charge in [-0.25, -0.2) is 4.79 Å². The van der Waals surface area contributed by atoms with Crippen LogP contribution in [0, 0.1) is 0 Å². The van der Waals surface area contributed by atoms with Gasteiger partial charge in [0.15, 0.2) is 0 Å². The molecule has 0 saturated heterocycles. The molecular weight excluding hydrogens is 330 g/mol. The summed E-state index contributed by atoms with van der Waals surface area (Å²) >= 11 is -1.07. The lowest BCUT2D eigenvalue weighted by Crippen LogP contribution is -2.40. The maximum absolute atomic E-state index is 12.3. The second-order valence-corrected chi connectivity index (χ2v) is 7.85. The van der Waals surface area contributed by atoms with E-state index >= 15 is 0 Å². The molecule has 0 aromatic heterocycles. The van der Waals surface area contributed by atoms with Gasteiger partial charge in [0, 0.05) is 18.3 Å². The first kappa shape index (κ1) is 20.1. The van der Waals surface area contributed by atoms with Crippen LogP contribution < -0.4 is 16.0 Å². The van der Waals surface area contributed by atoms with E-state index < -0.39 is 22.9 Å². The van der Waals surface area contributed by atoms with Gasteiger partial charge in [0.1, 0.15) is 17.9 Å². The highest BCUT2D eigenvalue weighted by Gasteiger charge is 2.20. The number of carbonyl (C=O) groups excluding carboxylic acids is 2. The minimum atomic E-state index is -1.07. The van der Waals surface area contributed by atoms with Crippen LogP contribution in [0.15, 0.2) is 18.2 Å². The highest BCUT2D eigenvalue weighted by molar-refractivity contribution is 7.89. The van der Waals surface area contributed by atoms with Crippen LogP contribution in [0.4, 0.5) is 16.2 Å². The topological polar surface area (TPSA) is 108 Å². The highest BCUT2D eigenvalue weighted by atomic mass is 32.2. The fraction of sp³-hybridized carbons (Fsp3) is 0.500. The molecule has 0 aliphatic carbocycles. The second-order valence-electron chi connectivity index (χ2n) is 6.41. The smallest absolute Gasteiger partial charge is 0.408 e. The Morgan fingerprint density at radius 2 is 2.00 bits per heavy atom. The number of alkyl carbamates (subject to hydrolysis) is 1. The number of rotatable bonds is 5. The Hall–Kier alpha value is -1.93. The Kier molecular flexibility index (Phi) is 6.92.